The van der Waals surface area contributed by atoms with Crippen LogP contribution in [0.2, 0.25) is 0 Å². The molecule has 84 valence electrons. The van der Waals surface area contributed by atoms with Crippen LogP contribution in [0.5, 0.6) is 0 Å². The van der Waals surface area contributed by atoms with E-state index < -0.39 is 5.60 Å². The van der Waals surface area contributed by atoms with E-state index in [-0.39, 0.29) is 0 Å². The predicted molar refractivity (Wildman–Crippen MR) is 58.4 cm³/mol. The van der Waals surface area contributed by atoms with E-state index in [1.165, 1.54) is 0 Å². The van der Waals surface area contributed by atoms with Crippen molar-refractivity contribution in [3.8, 4) is 0 Å². The van der Waals surface area contributed by atoms with Crippen LogP contribution in [-0.4, -0.2) is 28.0 Å². The van der Waals surface area contributed by atoms with Crippen molar-refractivity contribution in [2.24, 2.45) is 7.05 Å². The third-order valence-corrected chi connectivity index (χ3v) is 3.41. The largest absolute Gasteiger partial charge is 0.383 e. The average Bonchev–Trinajstić information content (AvgIpc) is 2.67. The molecular formula is C11H19N3O. The predicted octanol–water partition coefficient (Wildman–Crippen LogP) is 0.770. The van der Waals surface area contributed by atoms with Gasteiger partial charge in [-0.3, -0.25) is 4.68 Å². The Morgan fingerprint density at radius 1 is 1.53 bits per heavy atom. The van der Waals surface area contributed by atoms with Gasteiger partial charge in [-0.2, -0.15) is 5.10 Å². The van der Waals surface area contributed by atoms with Crippen molar-refractivity contribution in [3.63, 3.8) is 0 Å². The lowest BCUT2D eigenvalue weighted by Crippen LogP contribution is -2.38. The topological polar surface area (TPSA) is 50.1 Å². The highest BCUT2D eigenvalue weighted by molar-refractivity contribution is 5.12. The number of aliphatic hydroxyl groups is 1. The SMILES string of the molecule is CNC1CCC(O)(c2ccn(C)n2)CC1. The number of hydrogen-bond donors (Lipinski definition) is 2. The Morgan fingerprint density at radius 3 is 2.67 bits per heavy atom. The van der Waals surface area contributed by atoms with Gasteiger partial charge in [-0.05, 0) is 38.8 Å². The maximum atomic E-state index is 10.5. The molecule has 0 aliphatic heterocycles. The van der Waals surface area contributed by atoms with Crippen LogP contribution < -0.4 is 5.32 Å². The van der Waals surface area contributed by atoms with E-state index in [0.717, 1.165) is 31.4 Å². The van der Waals surface area contributed by atoms with Gasteiger partial charge in [-0.1, -0.05) is 0 Å². The summed E-state index contributed by atoms with van der Waals surface area (Å²) in [7, 11) is 3.86. The highest BCUT2D eigenvalue weighted by Crippen LogP contribution is 2.35. The van der Waals surface area contributed by atoms with Crippen LogP contribution in [0, 0.1) is 0 Å². The summed E-state index contributed by atoms with van der Waals surface area (Å²) in [5, 5.41) is 18.0. The van der Waals surface area contributed by atoms with E-state index in [1.807, 2.05) is 26.4 Å². The Hall–Kier alpha value is -0.870. The zero-order valence-electron chi connectivity index (χ0n) is 9.40. The third kappa shape index (κ3) is 2.06. The van der Waals surface area contributed by atoms with E-state index in [2.05, 4.69) is 10.4 Å². The second kappa shape index (κ2) is 3.94. The van der Waals surface area contributed by atoms with Gasteiger partial charge in [-0.25, -0.2) is 0 Å². The van der Waals surface area contributed by atoms with Crippen LogP contribution in [0.25, 0.3) is 0 Å². The van der Waals surface area contributed by atoms with E-state index >= 15 is 0 Å². The first-order chi connectivity index (χ1) is 7.14. The minimum absolute atomic E-state index is 0.550. The molecule has 1 aliphatic carbocycles. The third-order valence-electron chi connectivity index (χ3n) is 3.41. The quantitative estimate of drug-likeness (QED) is 0.756. The molecule has 1 fully saturated rings. The monoisotopic (exact) mass is 209 g/mol. The van der Waals surface area contributed by atoms with Crippen LogP contribution in [0.15, 0.2) is 12.3 Å². The summed E-state index contributed by atoms with van der Waals surface area (Å²) in [6.07, 6.45) is 5.52. The van der Waals surface area contributed by atoms with Gasteiger partial charge in [0.2, 0.25) is 0 Å². The first-order valence-electron chi connectivity index (χ1n) is 5.54. The zero-order valence-corrected chi connectivity index (χ0v) is 9.40. The molecule has 0 aromatic carbocycles. The lowest BCUT2D eigenvalue weighted by Gasteiger charge is -2.34. The van der Waals surface area contributed by atoms with Crippen molar-refractivity contribution in [3.05, 3.63) is 18.0 Å². The van der Waals surface area contributed by atoms with Crippen molar-refractivity contribution < 1.29 is 5.11 Å². The van der Waals surface area contributed by atoms with Gasteiger partial charge in [0.25, 0.3) is 0 Å². The molecule has 1 aromatic heterocycles. The molecule has 1 saturated carbocycles. The Kier molecular flexibility index (Phi) is 2.80. The molecule has 0 saturated heterocycles. The number of aromatic nitrogens is 2. The molecule has 0 atom stereocenters. The Labute approximate surface area is 90.3 Å². The highest BCUT2D eigenvalue weighted by atomic mass is 16.3. The molecular weight excluding hydrogens is 190 g/mol. The summed E-state index contributed by atoms with van der Waals surface area (Å²) in [5.74, 6) is 0. The van der Waals surface area contributed by atoms with E-state index in [4.69, 9.17) is 0 Å². The van der Waals surface area contributed by atoms with Crippen molar-refractivity contribution >= 4 is 0 Å². The van der Waals surface area contributed by atoms with Crippen molar-refractivity contribution in [2.75, 3.05) is 7.05 Å². The van der Waals surface area contributed by atoms with Gasteiger partial charge in [0.05, 0.1) is 5.69 Å². The van der Waals surface area contributed by atoms with Crippen LogP contribution in [0.4, 0.5) is 0 Å². The first-order valence-corrected chi connectivity index (χ1v) is 5.54. The fourth-order valence-electron chi connectivity index (χ4n) is 2.30. The lowest BCUT2D eigenvalue weighted by molar-refractivity contribution is -0.0119. The Bertz CT molecular complexity index is 326. The summed E-state index contributed by atoms with van der Waals surface area (Å²) in [5.41, 5.74) is 0.119. The molecule has 0 radical (unpaired) electrons. The Balaban J connectivity index is 2.09. The van der Waals surface area contributed by atoms with Crippen LogP contribution in [-0.2, 0) is 12.6 Å². The highest BCUT2D eigenvalue weighted by Gasteiger charge is 2.36. The minimum Gasteiger partial charge on any atom is -0.383 e. The van der Waals surface area contributed by atoms with Gasteiger partial charge in [0.1, 0.15) is 5.60 Å². The second-order valence-corrected chi connectivity index (χ2v) is 4.47. The first kappa shape index (κ1) is 10.6. The van der Waals surface area contributed by atoms with Crippen molar-refractivity contribution in [1.29, 1.82) is 0 Å². The number of hydrogen-bond acceptors (Lipinski definition) is 3. The standard InChI is InChI=1S/C11H19N3O/c1-12-9-3-6-11(15,7-4-9)10-5-8-14(2)13-10/h5,8-9,12,15H,3-4,6-7H2,1-2H3. The summed E-state index contributed by atoms with van der Waals surface area (Å²) >= 11 is 0. The molecule has 2 rings (SSSR count). The van der Waals surface area contributed by atoms with Gasteiger partial charge < -0.3 is 10.4 Å². The van der Waals surface area contributed by atoms with Crippen LogP contribution >= 0.6 is 0 Å². The molecule has 0 bridgehead atoms. The summed E-state index contributed by atoms with van der Waals surface area (Å²) < 4.78 is 1.75. The average molecular weight is 209 g/mol. The van der Waals surface area contributed by atoms with E-state index in [0.29, 0.717) is 6.04 Å². The molecule has 4 nitrogen and oxygen atoms in total. The summed E-state index contributed by atoms with van der Waals surface area (Å²) in [4.78, 5) is 0. The second-order valence-electron chi connectivity index (χ2n) is 4.47. The fourth-order valence-corrected chi connectivity index (χ4v) is 2.30. The minimum atomic E-state index is -0.700. The van der Waals surface area contributed by atoms with Crippen molar-refractivity contribution in [1.82, 2.24) is 15.1 Å². The molecule has 2 N–H and O–H groups in total. The molecule has 1 aliphatic rings. The maximum Gasteiger partial charge on any atom is 0.108 e. The molecule has 15 heavy (non-hydrogen) atoms. The van der Waals surface area contributed by atoms with Crippen LogP contribution in [0.1, 0.15) is 31.4 Å². The normalized spacial score (nSPS) is 31.8. The molecule has 1 heterocycles. The van der Waals surface area contributed by atoms with Gasteiger partial charge in [0.15, 0.2) is 0 Å². The molecule has 4 heteroatoms. The number of nitrogens with zero attached hydrogens (tertiary/aromatic N) is 2. The zero-order chi connectivity index (χ0) is 10.9. The smallest absolute Gasteiger partial charge is 0.108 e. The molecule has 0 amide bonds. The van der Waals surface area contributed by atoms with Crippen LogP contribution in [0.3, 0.4) is 0 Å². The fraction of sp³-hybridized carbons (Fsp3) is 0.727. The van der Waals surface area contributed by atoms with Gasteiger partial charge in [0, 0.05) is 19.3 Å². The maximum absolute atomic E-state index is 10.5. The van der Waals surface area contributed by atoms with Crippen molar-refractivity contribution in [2.45, 2.75) is 37.3 Å². The number of rotatable bonds is 2. The number of aryl methyl sites for hydroxylation is 1. The summed E-state index contributed by atoms with van der Waals surface area (Å²) in [6, 6.07) is 2.47. The lowest BCUT2D eigenvalue weighted by atomic mass is 9.80. The van der Waals surface area contributed by atoms with E-state index in [9.17, 15) is 5.11 Å². The van der Waals surface area contributed by atoms with E-state index in [1.54, 1.807) is 4.68 Å². The molecule has 1 aromatic rings. The molecule has 0 unspecified atom stereocenters. The summed E-state index contributed by atoms with van der Waals surface area (Å²) in [6.45, 7) is 0. The molecule has 0 spiro atoms. The Morgan fingerprint density at radius 2 is 2.20 bits per heavy atom. The number of nitrogens with one attached hydrogen (secondary N) is 1. The van der Waals surface area contributed by atoms with Gasteiger partial charge >= 0.3 is 0 Å². The van der Waals surface area contributed by atoms with Gasteiger partial charge in [-0.15, -0.1) is 0 Å².